The highest BCUT2D eigenvalue weighted by Crippen LogP contribution is 2.40. The molecule has 2 aromatic rings. The molecule has 14 atom stereocenters. The van der Waals surface area contributed by atoms with Crippen LogP contribution in [0.2, 0.25) is 0 Å². The number of ether oxygens (including phenoxy) is 5. The molecule has 0 radical (unpaired) electrons. The molecular weight excluding hydrogens is 862 g/mol. The molecule has 1 aromatic heterocycles. The van der Waals surface area contributed by atoms with Crippen molar-refractivity contribution in [1.29, 1.82) is 0 Å². The van der Waals surface area contributed by atoms with E-state index < -0.39 is 77.6 Å². The number of ketones is 1. The lowest BCUT2D eigenvalue weighted by molar-refractivity contribution is -0.296. The van der Waals surface area contributed by atoms with Crippen LogP contribution in [0.1, 0.15) is 93.9 Å². The molecular formula is C46H74FN7O10S. The topological polar surface area (TPSA) is 213 Å². The number of carbonyl (C=O) groups is 3. The van der Waals surface area contributed by atoms with Gasteiger partial charge < -0.3 is 44.9 Å². The van der Waals surface area contributed by atoms with E-state index in [9.17, 15) is 28.5 Å². The molecule has 4 saturated heterocycles. The average molecular weight is 936 g/mol. The van der Waals surface area contributed by atoms with Crippen molar-refractivity contribution in [3.05, 3.63) is 30.5 Å². The Hall–Kier alpha value is -3.43. The van der Waals surface area contributed by atoms with E-state index in [1.165, 1.54) is 13.2 Å². The van der Waals surface area contributed by atoms with Crippen LogP contribution < -0.4 is 11.1 Å². The maximum Gasteiger partial charge on any atom is 0.410 e. The smallest absolute Gasteiger partial charge is 0.410 e. The highest BCUT2D eigenvalue weighted by Gasteiger charge is 2.59. The van der Waals surface area contributed by atoms with E-state index in [-0.39, 0.29) is 36.3 Å². The van der Waals surface area contributed by atoms with Crippen LogP contribution in [0.15, 0.2) is 30.5 Å². The number of nitrogen functional groups attached to an aromatic ring is 1. The number of carbonyl (C=O) groups excluding carboxylic acids is 3. The molecule has 0 bridgehead atoms. The van der Waals surface area contributed by atoms with E-state index in [1.54, 1.807) is 23.6 Å². The number of nitrogens with two attached hydrogens (primary N) is 1. The van der Waals surface area contributed by atoms with E-state index >= 15 is 0 Å². The number of esters is 1. The zero-order valence-corrected chi connectivity index (χ0v) is 40.7. The number of unbranched alkanes of at least 4 members (excludes halogenated alkanes) is 1. The van der Waals surface area contributed by atoms with Gasteiger partial charge in [-0.3, -0.25) is 24.1 Å². The van der Waals surface area contributed by atoms with E-state index in [1.807, 2.05) is 65.1 Å². The first kappa shape index (κ1) is 52.5. The number of aromatic nitrogens is 3. The van der Waals surface area contributed by atoms with Gasteiger partial charge in [0.1, 0.15) is 23.8 Å². The van der Waals surface area contributed by atoms with Gasteiger partial charge in [-0.15, -0.1) is 5.10 Å². The summed E-state index contributed by atoms with van der Waals surface area (Å²) >= 11 is 0.250. The summed E-state index contributed by atoms with van der Waals surface area (Å²) in [6.07, 6.45) is 1.36. The van der Waals surface area contributed by atoms with E-state index in [0.29, 0.717) is 76.9 Å². The number of hydrogen-bond donors (Lipinski definition) is 4. The molecule has 1 amide bonds. The maximum atomic E-state index is 14.5. The molecule has 0 spiro atoms. The number of cyclic esters (lactones) is 1. The number of likely N-dealkylation sites (tertiary alicyclic amines) is 1. The Labute approximate surface area is 388 Å². The molecule has 0 saturated carbocycles. The molecule has 4 aliphatic rings. The number of amides is 1. The summed E-state index contributed by atoms with van der Waals surface area (Å²) in [7, 11) is 1.58. The van der Waals surface area contributed by atoms with Gasteiger partial charge in [0.05, 0.1) is 36.2 Å². The molecule has 5 heterocycles. The second-order valence-corrected chi connectivity index (χ2v) is 19.2. The van der Waals surface area contributed by atoms with Crippen LogP contribution in [0.25, 0.3) is 11.3 Å². The lowest BCUT2D eigenvalue weighted by Crippen LogP contribution is -2.61. The predicted octanol–water partition coefficient (Wildman–Crippen LogP) is 5.02. The normalized spacial score (nSPS) is 36.5. The Morgan fingerprint density at radius 3 is 2.45 bits per heavy atom. The number of Topliss-reactive ketones (excluding diaryl/α,β-unsaturated/α-hetero) is 1. The van der Waals surface area contributed by atoms with Gasteiger partial charge in [-0.2, -0.15) is 3.89 Å². The van der Waals surface area contributed by atoms with Crippen molar-refractivity contribution >= 4 is 35.7 Å². The zero-order valence-electron chi connectivity index (χ0n) is 39.9. The van der Waals surface area contributed by atoms with Crippen molar-refractivity contribution in [2.75, 3.05) is 45.3 Å². The average Bonchev–Trinajstić information content (AvgIpc) is 3.99. The summed E-state index contributed by atoms with van der Waals surface area (Å²) in [6.45, 7) is 17.4. The zero-order chi connectivity index (χ0) is 47.8. The standard InChI is InChI=1S/C45H71N7O10.CH3FS/c1-10-36-45(8)39(52(43(57)62-45)18-12-11-17-51-25-34(48-49-51)31-14-13-15-32(46)21-31)30(6)47-23-26(2)22-44(7,58-9)40(28(4)37(54)29(5)41(56)60-36)61-42-38(55)35(20-27(3)59-42)50-19-16-33(53)24-50;1-3-2/h13-15,21,25-30,33,35-36,38-40,42,47,53,55H,10-12,16-20,22-24,46H2,1-9H3;1H3/t26-,27?,28+,29-,30-,33-,35?,36-,38?,39-,40-,42+,44-,45-;/m1./s1. The fourth-order valence-electron chi connectivity index (χ4n) is 10.4. The number of hydrogen-bond acceptors (Lipinski definition) is 16. The van der Waals surface area contributed by atoms with Gasteiger partial charge in [0.15, 0.2) is 17.7 Å². The fraction of sp³-hybridized carbons (Fsp3) is 0.761. The van der Waals surface area contributed by atoms with Crippen molar-refractivity contribution in [3.63, 3.8) is 0 Å². The van der Waals surface area contributed by atoms with Gasteiger partial charge in [0, 0.05) is 80.9 Å². The number of aryl methyl sites for hydroxylation is 1. The lowest BCUT2D eigenvalue weighted by atomic mass is 9.78. The highest BCUT2D eigenvalue weighted by atomic mass is 32.2. The van der Waals surface area contributed by atoms with E-state index in [4.69, 9.17) is 29.4 Å². The van der Waals surface area contributed by atoms with Gasteiger partial charge in [-0.25, -0.2) is 4.79 Å². The second-order valence-electron chi connectivity index (χ2n) is 18.9. The summed E-state index contributed by atoms with van der Waals surface area (Å²) in [5, 5.41) is 34.3. The van der Waals surface area contributed by atoms with Crippen molar-refractivity contribution < 1.29 is 52.2 Å². The minimum absolute atomic E-state index is 0.0363. The monoisotopic (exact) mass is 936 g/mol. The van der Waals surface area contributed by atoms with Crippen molar-refractivity contribution in [2.24, 2.45) is 17.8 Å². The number of benzene rings is 1. The van der Waals surface area contributed by atoms with Crippen LogP contribution >= 0.6 is 12.1 Å². The second kappa shape index (κ2) is 23.0. The molecule has 4 fully saturated rings. The first-order valence-electron chi connectivity index (χ1n) is 23.1. The third-order valence-electron chi connectivity index (χ3n) is 13.8. The Morgan fingerprint density at radius 1 is 1.09 bits per heavy atom. The largest absolute Gasteiger partial charge is 0.458 e. The SMILES string of the molecule is CC[C@H]1OC(=O)[C@H](C)C(=O)[C@H](C)[C@@H](O[C@@H]2OC(C)CC(N3CC[C@@H](O)C3)C2O)[C@](C)(OC)C[C@@H](C)CN[C@H](C)[C@H]2N(CCCCn3cc(-c4cccc(N)c4)nn3)C(=O)O[C@]12C.CSF. The number of fused-ring (bicyclic) bond motifs is 1. The van der Waals surface area contributed by atoms with Crippen LogP contribution in [0, 0.1) is 17.8 Å². The van der Waals surface area contributed by atoms with Gasteiger partial charge >= 0.3 is 12.1 Å². The summed E-state index contributed by atoms with van der Waals surface area (Å²) in [5.41, 5.74) is 5.89. The van der Waals surface area contributed by atoms with Crippen LogP contribution in [0.4, 0.5) is 14.4 Å². The molecule has 17 nitrogen and oxygen atoms in total. The highest BCUT2D eigenvalue weighted by molar-refractivity contribution is 7.93. The summed E-state index contributed by atoms with van der Waals surface area (Å²) in [5.74, 6) is -3.28. The van der Waals surface area contributed by atoms with Gasteiger partial charge in [-0.05, 0) is 97.7 Å². The molecule has 0 aliphatic carbocycles. The van der Waals surface area contributed by atoms with Crippen LogP contribution in [0.5, 0.6) is 0 Å². The number of anilines is 1. The molecule has 1 aromatic carbocycles. The van der Waals surface area contributed by atoms with Gasteiger partial charge in [0.25, 0.3) is 0 Å². The first-order valence-corrected chi connectivity index (χ1v) is 24.3. The first-order chi connectivity index (χ1) is 30.8. The van der Waals surface area contributed by atoms with Crippen LogP contribution in [-0.2, 0) is 39.8 Å². The molecule has 366 valence electrons. The summed E-state index contributed by atoms with van der Waals surface area (Å²) in [6, 6.07) is 6.33. The van der Waals surface area contributed by atoms with Crippen molar-refractivity contribution in [3.8, 4) is 11.3 Å². The van der Waals surface area contributed by atoms with Crippen LogP contribution in [-0.4, -0.2) is 159 Å². The van der Waals surface area contributed by atoms with Crippen molar-refractivity contribution in [2.45, 2.75) is 167 Å². The molecule has 65 heavy (non-hydrogen) atoms. The summed E-state index contributed by atoms with van der Waals surface area (Å²) < 4.78 is 43.7. The van der Waals surface area contributed by atoms with Crippen LogP contribution in [0.3, 0.4) is 0 Å². The Balaban J connectivity index is 0.00000257. The number of rotatable bonds is 11. The predicted molar refractivity (Wildman–Crippen MR) is 245 cm³/mol. The molecule has 6 rings (SSSR count). The minimum atomic E-state index is -1.25. The van der Waals surface area contributed by atoms with Crippen molar-refractivity contribution in [1.82, 2.24) is 30.1 Å². The Kier molecular flexibility index (Phi) is 18.6. The van der Waals surface area contributed by atoms with Gasteiger partial charge in [0.2, 0.25) is 0 Å². The molecule has 4 aliphatic heterocycles. The maximum absolute atomic E-state index is 14.5. The number of aliphatic hydroxyl groups is 2. The minimum Gasteiger partial charge on any atom is -0.458 e. The summed E-state index contributed by atoms with van der Waals surface area (Å²) in [4.78, 5) is 46.2. The number of halogens is 1. The number of nitrogens with zero attached hydrogens (tertiary/aromatic N) is 5. The Morgan fingerprint density at radius 2 is 1.80 bits per heavy atom. The third-order valence-corrected chi connectivity index (χ3v) is 13.8. The lowest BCUT2D eigenvalue weighted by Gasteiger charge is -2.47. The molecule has 3 unspecified atom stereocenters. The third kappa shape index (κ3) is 12.4. The van der Waals surface area contributed by atoms with Gasteiger partial charge in [-0.1, -0.05) is 38.1 Å². The number of methoxy groups -OCH3 is 1. The van der Waals surface area contributed by atoms with E-state index in [2.05, 4.69) is 27.5 Å². The fourth-order valence-corrected chi connectivity index (χ4v) is 10.4. The molecule has 5 N–H and O–H groups in total. The van der Waals surface area contributed by atoms with E-state index in [0.717, 1.165) is 11.3 Å². The Bertz CT molecular complexity index is 1880. The molecule has 19 heteroatoms. The number of β-amino-alcohol motifs (C(OH)–C–C–N with tert-alkyl or cyclic N) is 1. The number of aliphatic hydroxyl groups excluding tert-OH is 2. The quantitative estimate of drug-likeness (QED) is 0.101. The number of nitrogens with one attached hydrogen (secondary N) is 1.